The number of carbonyl (C=O) groups excluding carboxylic acids is 1. The maximum Gasteiger partial charge on any atom is 0.234 e. The molecule has 1 unspecified atom stereocenters. The Morgan fingerprint density at radius 2 is 1.94 bits per heavy atom. The van der Waals surface area contributed by atoms with Crippen molar-refractivity contribution in [2.75, 3.05) is 26.2 Å². The van der Waals surface area contributed by atoms with E-state index < -0.39 is 0 Å². The predicted molar refractivity (Wildman–Crippen MR) is 119 cm³/mol. The standard InChI is InChI=1S/C25H28N4O2/c1-19-7-2-3-8-20(19)15-21-10-6-11-23(28-21)24-17-29(13-14-31-24)18-25(30)27-16-22-9-4-5-12-26-22/h2-12,24H,13-18H2,1H3,(H,27,30). The van der Waals surface area contributed by atoms with Gasteiger partial charge in [0.05, 0.1) is 31.1 Å². The van der Waals surface area contributed by atoms with E-state index in [0.29, 0.717) is 26.2 Å². The van der Waals surface area contributed by atoms with Crippen LogP contribution >= 0.6 is 0 Å². The van der Waals surface area contributed by atoms with E-state index >= 15 is 0 Å². The van der Waals surface area contributed by atoms with Crippen molar-refractivity contribution in [3.8, 4) is 0 Å². The van der Waals surface area contributed by atoms with Crippen LogP contribution < -0.4 is 5.32 Å². The van der Waals surface area contributed by atoms with Gasteiger partial charge >= 0.3 is 0 Å². The van der Waals surface area contributed by atoms with Crippen molar-refractivity contribution in [2.45, 2.75) is 26.0 Å². The van der Waals surface area contributed by atoms with Gasteiger partial charge in [-0.25, -0.2) is 0 Å². The van der Waals surface area contributed by atoms with Crippen molar-refractivity contribution in [1.29, 1.82) is 0 Å². The zero-order valence-corrected chi connectivity index (χ0v) is 17.8. The summed E-state index contributed by atoms with van der Waals surface area (Å²) in [5.41, 5.74) is 5.35. The van der Waals surface area contributed by atoms with Crippen molar-refractivity contribution >= 4 is 5.91 Å². The van der Waals surface area contributed by atoms with Crippen LogP contribution in [0.3, 0.4) is 0 Å². The zero-order valence-electron chi connectivity index (χ0n) is 17.8. The van der Waals surface area contributed by atoms with Crippen LogP contribution in [0.4, 0.5) is 0 Å². The van der Waals surface area contributed by atoms with E-state index in [4.69, 9.17) is 9.72 Å². The number of nitrogens with one attached hydrogen (secondary N) is 1. The first-order chi connectivity index (χ1) is 15.2. The summed E-state index contributed by atoms with van der Waals surface area (Å²) in [4.78, 5) is 23.6. The number of aromatic nitrogens is 2. The summed E-state index contributed by atoms with van der Waals surface area (Å²) in [6.07, 6.45) is 2.40. The van der Waals surface area contributed by atoms with Gasteiger partial charge in [0.15, 0.2) is 0 Å². The number of aryl methyl sites for hydroxylation is 1. The van der Waals surface area contributed by atoms with Crippen molar-refractivity contribution in [3.05, 3.63) is 95.1 Å². The fourth-order valence-corrected chi connectivity index (χ4v) is 3.76. The van der Waals surface area contributed by atoms with Gasteiger partial charge in [0.1, 0.15) is 6.10 Å². The highest BCUT2D eigenvalue weighted by molar-refractivity contribution is 5.77. The molecule has 1 N–H and O–H groups in total. The van der Waals surface area contributed by atoms with E-state index in [1.165, 1.54) is 11.1 Å². The molecule has 1 aliphatic rings. The molecule has 1 amide bonds. The Bertz CT molecular complexity index is 1010. The molecule has 1 aliphatic heterocycles. The Morgan fingerprint density at radius 3 is 2.77 bits per heavy atom. The molecule has 1 fully saturated rings. The molecule has 1 aromatic carbocycles. The number of hydrogen-bond acceptors (Lipinski definition) is 5. The number of nitrogens with zero attached hydrogens (tertiary/aromatic N) is 3. The van der Waals surface area contributed by atoms with E-state index in [0.717, 1.165) is 30.0 Å². The molecule has 6 heteroatoms. The normalized spacial score (nSPS) is 16.7. The largest absolute Gasteiger partial charge is 0.369 e. The maximum absolute atomic E-state index is 12.4. The van der Waals surface area contributed by atoms with E-state index in [-0.39, 0.29) is 12.0 Å². The lowest BCUT2D eigenvalue weighted by Crippen LogP contribution is -2.44. The number of ether oxygens (including phenoxy) is 1. The second-order valence-electron chi connectivity index (χ2n) is 7.85. The van der Waals surface area contributed by atoms with E-state index in [2.05, 4.69) is 52.5 Å². The molecule has 6 nitrogen and oxygen atoms in total. The highest BCUT2D eigenvalue weighted by Gasteiger charge is 2.24. The quantitative estimate of drug-likeness (QED) is 0.641. The summed E-state index contributed by atoms with van der Waals surface area (Å²) in [6.45, 7) is 4.88. The Kier molecular flexibility index (Phi) is 7.02. The van der Waals surface area contributed by atoms with Crippen LogP contribution in [-0.2, 0) is 22.5 Å². The smallest absolute Gasteiger partial charge is 0.234 e. The molecule has 0 bridgehead atoms. The summed E-state index contributed by atoms with van der Waals surface area (Å²) >= 11 is 0. The summed E-state index contributed by atoms with van der Waals surface area (Å²) < 4.78 is 5.99. The molecule has 31 heavy (non-hydrogen) atoms. The summed E-state index contributed by atoms with van der Waals surface area (Å²) in [5.74, 6) is -0.00688. The number of morpholine rings is 1. The molecule has 160 valence electrons. The third-order valence-electron chi connectivity index (χ3n) is 5.50. The summed E-state index contributed by atoms with van der Waals surface area (Å²) in [7, 11) is 0. The second kappa shape index (κ2) is 10.3. The van der Waals surface area contributed by atoms with Crippen molar-refractivity contribution < 1.29 is 9.53 Å². The molecule has 0 saturated carbocycles. The zero-order chi connectivity index (χ0) is 21.5. The van der Waals surface area contributed by atoms with E-state index in [1.807, 2.05) is 30.3 Å². The van der Waals surface area contributed by atoms with Gasteiger partial charge in [0.25, 0.3) is 0 Å². The van der Waals surface area contributed by atoms with Crippen LogP contribution in [0, 0.1) is 6.92 Å². The minimum atomic E-state index is -0.130. The number of benzene rings is 1. The average molecular weight is 417 g/mol. The van der Waals surface area contributed by atoms with Gasteiger partial charge in [-0.3, -0.25) is 19.7 Å². The number of pyridine rings is 2. The highest BCUT2D eigenvalue weighted by atomic mass is 16.5. The summed E-state index contributed by atoms with van der Waals surface area (Å²) in [6, 6.07) is 20.2. The minimum Gasteiger partial charge on any atom is -0.369 e. The van der Waals surface area contributed by atoms with Gasteiger partial charge in [0.2, 0.25) is 5.91 Å². The van der Waals surface area contributed by atoms with Crippen molar-refractivity contribution in [2.24, 2.45) is 0 Å². The van der Waals surface area contributed by atoms with Gasteiger partial charge in [-0.15, -0.1) is 0 Å². The van der Waals surface area contributed by atoms with Gasteiger partial charge < -0.3 is 10.1 Å². The van der Waals surface area contributed by atoms with Crippen molar-refractivity contribution in [1.82, 2.24) is 20.2 Å². The Hall–Kier alpha value is -3.09. The first-order valence-electron chi connectivity index (χ1n) is 10.7. The Morgan fingerprint density at radius 1 is 1.10 bits per heavy atom. The molecule has 0 radical (unpaired) electrons. The molecule has 0 spiro atoms. The topological polar surface area (TPSA) is 67.4 Å². The van der Waals surface area contributed by atoms with E-state index in [9.17, 15) is 4.79 Å². The molecule has 3 aromatic rings. The second-order valence-corrected chi connectivity index (χ2v) is 7.85. The van der Waals surface area contributed by atoms with Crippen LogP contribution in [0.5, 0.6) is 0 Å². The first-order valence-corrected chi connectivity index (χ1v) is 10.7. The third-order valence-corrected chi connectivity index (χ3v) is 5.50. The van der Waals surface area contributed by atoms with Gasteiger partial charge in [0, 0.05) is 31.4 Å². The molecule has 4 rings (SSSR count). The monoisotopic (exact) mass is 416 g/mol. The Labute approximate surface area is 183 Å². The van der Waals surface area contributed by atoms with Crippen LogP contribution in [0.1, 0.15) is 34.3 Å². The molecule has 0 aliphatic carbocycles. The molecular formula is C25H28N4O2. The molecule has 2 aromatic heterocycles. The lowest BCUT2D eigenvalue weighted by molar-refractivity contribution is -0.124. The number of rotatable bonds is 7. The predicted octanol–water partition coefficient (Wildman–Crippen LogP) is 3.07. The molecule has 1 saturated heterocycles. The van der Waals surface area contributed by atoms with Gasteiger partial charge in [-0.2, -0.15) is 0 Å². The number of amides is 1. The van der Waals surface area contributed by atoms with Crippen LogP contribution in [0.25, 0.3) is 0 Å². The fourth-order valence-electron chi connectivity index (χ4n) is 3.76. The number of carbonyl (C=O) groups is 1. The molecule has 1 atom stereocenters. The lowest BCUT2D eigenvalue weighted by atomic mass is 10.0. The van der Waals surface area contributed by atoms with Crippen LogP contribution in [0.2, 0.25) is 0 Å². The first kappa shape index (κ1) is 21.2. The fraction of sp³-hybridized carbons (Fsp3) is 0.320. The highest BCUT2D eigenvalue weighted by Crippen LogP contribution is 2.22. The summed E-state index contributed by atoms with van der Waals surface area (Å²) in [5, 5.41) is 2.94. The maximum atomic E-state index is 12.4. The lowest BCUT2D eigenvalue weighted by Gasteiger charge is -2.32. The average Bonchev–Trinajstić information content (AvgIpc) is 2.80. The van der Waals surface area contributed by atoms with Crippen LogP contribution in [-0.4, -0.2) is 47.0 Å². The van der Waals surface area contributed by atoms with Gasteiger partial charge in [-0.1, -0.05) is 36.4 Å². The number of hydrogen-bond donors (Lipinski definition) is 1. The molecule has 3 heterocycles. The Balaban J connectivity index is 1.34. The third kappa shape index (κ3) is 5.96. The van der Waals surface area contributed by atoms with E-state index in [1.54, 1.807) is 6.20 Å². The minimum absolute atomic E-state index is 0.00688. The SMILES string of the molecule is Cc1ccccc1Cc1cccc(C2CN(CC(=O)NCc3ccccn3)CCO2)n1. The van der Waals surface area contributed by atoms with Crippen molar-refractivity contribution in [3.63, 3.8) is 0 Å². The molecular weight excluding hydrogens is 388 g/mol. The van der Waals surface area contributed by atoms with Gasteiger partial charge in [-0.05, 0) is 42.3 Å². The van der Waals surface area contributed by atoms with Crippen LogP contribution in [0.15, 0.2) is 66.9 Å².